The molecule has 1 fully saturated rings. The molecule has 1 rings (SSSR count). The third-order valence-electron chi connectivity index (χ3n) is 3.31. The lowest BCUT2D eigenvalue weighted by Gasteiger charge is -2.50. The van der Waals surface area contributed by atoms with E-state index < -0.39 is 0 Å². The standard InChI is InChI=1S/C12H25N3O/c1-8(2)16-10-7-9(12(10,3)4)14-11(13)15(5)6/h8-10H,7H2,1-6H3,(H2,13,14)/t9-,10+/m1/s1. The van der Waals surface area contributed by atoms with Gasteiger partial charge < -0.3 is 15.4 Å². The van der Waals surface area contributed by atoms with E-state index in [2.05, 4.69) is 32.7 Å². The molecule has 94 valence electrons. The lowest BCUT2D eigenvalue weighted by molar-refractivity contribution is -0.129. The second-order valence-electron chi connectivity index (χ2n) is 5.63. The SMILES string of the molecule is CC(C)O[C@H]1C[C@@H](N=C(N)N(C)C)C1(C)C. The molecule has 0 aromatic carbocycles. The number of aliphatic imine (C=N–C) groups is 1. The molecule has 0 radical (unpaired) electrons. The minimum absolute atomic E-state index is 0.0882. The molecule has 1 aliphatic rings. The van der Waals surface area contributed by atoms with Crippen LogP contribution in [0.2, 0.25) is 0 Å². The van der Waals surface area contributed by atoms with Gasteiger partial charge in [0.25, 0.3) is 0 Å². The molecule has 0 aliphatic heterocycles. The summed E-state index contributed by atoms with van der Waals surface area (Å²) in [6.45, 7) is 8.53. The van der Waals surface area contributed by atoms with Gasteiger partial charge in [-0.25, -0.2) is 4.99 Å². The molecular weight excluding hydrogens is 202 g/mol. The lowest BCUT2D eigenvalue weighted by Crippen LogP contribution is -2.55. The Balaban J connectivity index is 2.60. The maximum absolute atomic E-state index is 5.85. The highest BCUT2D eigenvalue weighted by atomic mass is 16.5. The van der Waals surface area contributed by atoms with Gasteiger partial charge in [0, 0.05) is 19.5 Å². The van der Waals surface area contributed by atoms with E-state index in [0.717, 1.165) is 6.42 Å². The summed E-state index contributed by atoms with van der Waals surface area (Å²) in [4.78, 5) is 6.37. The fraction of sp³-hybridized carbons (Fsp3) is 0.917. The summed E-state index contributed by atoms with van der Waals surface area (Å²) in [7, 11) is 3.82. The lowest BCUT2D eigenvalue weighted by atomic mass is 9.64. The zero-order valence-electron chi connectivity index (χ0n) is 11.3. The van der Waals surface area contributed by atoms with Crippen molar-refractivity contribution in [3.63, 3.8) is 0 Å². The van der Waals surface area contributed by atoms with Crippen LogP contribution >= 0.6 is 0 Å². The van der Waals surface area contributed by atoms with E-state index in [0.29, 0.717) is 12.1 Å². The Morgan fingerprint density at radius 1 is 1.44 bits per heavy atom. The number of ether oxygens (including phenoxy) is 1. The molecule has 0 bridgehead atoms. The van der Waals surface area contributed by atoms with Crippen molar-refractivity contribution in [2.75, 3.05) is 14.1 Å². The van der Waals surface area contributed by atoms with Crippen molar-refractivity contribution in [1.29, 1.82) is 0 Å². The number of rotatable bonds is 3. The predicted molar refractivity (Wildman–Crippen MR) is 67.5 cm³/mol. The van der Waals surface area contributed by atoms with Crippen molar-refractivity contribution < 1.29 is 4.74 Å². The molecule has 0 unspecified atom stereocenters. The van der Waals surface area contributed by atoms with Crippen LogP contribution in [0.15, 0.2) is 4.99 Å². The molecule has 1 aliphatic carbocycles. The number of hydrogen-bond donors (Lipinski definition) is 1. The molecule has 2 N–H and O–H groups in total. The van der Waals surface area contributed by atoms with Gasteiger partial charge in [0.15, 0.2) is 5.96 Å². The maximum atomic E-state index is 5.85. The predicted octanol–water partition coefficient (Wildman–Crippen LogP) is 1.45. The number of nitrogens with two attached hydrogens (primary N) is 1. The minimum atomic E-state index is 0.0882. The highest BCUT2D eigenvalue weighted by Crippen LogP contribution is 2.45. The van der Waals surface area contributed by atoms with E-state index in [9.17, 15) is 0 Å². The molecular formula is C12H25N3O. The smallest absolute Gasteiger partial charge is 0.191 e. The zero-order valence-corrected chi connectivity index (χ0v) is 11.3. The van der Waals surface area contributed by atoms with Crippen LogP contribution in [0, 0.1) is 5.41 Å². The second kappa shape index (κ2) is 4.62. The summed E-state index contributed by atoms with van der Waals surface area (Å²) in [6, 6.07) is 0.277. The van der Waals surface area contributed by atoms with E-state index in [1.807, 2.05) is 19.0 Å². The Labute approximate surface area is 98.9 Å². The van der Waals surface area contributed by atoms with Crippen molar-refractivity contribution in [3.05, 3.63) is 0 Å². The Hall–Kier alpha value is -0.770. The van der Waals surface area contributed by atoms with E-state index in [-0.39, 0.29) is 17.6 Å². The van der Waals surface area contributed by atoms with Gasteiger partial charge in [0.2, 0.25) is 0 Å². The van der Waals surface area contributed by atoms with E-state index in [4.69, 9.17) is 10.5 Å². The number of hydrogen-bond acceptors (Lipinski definition) is 2. The molecule has 0 spiro atoms. The first kappa shape index (κ1) is 13.3. The Morgan fingerprint density at radius 2 is 2.00 bits per heavy atom. The van der Waals surface area contributed by atoms with Gasteiger partial charge in [-0.05, 0) is 20.3 Å². The van der Waals surface area contributed by atoms with Crippen LogP contribution in [0.4, 0.5) is 0 Å². The van der Waals surface area contributed by atoms with Gasteiger partial charge in [-0.3, -0.25) is 0 Å². The van der Waals surface area contributed by atoms with Crippen LogP contribution in [-0.4, -0.2) is 43.2 Å². The van der Waals surface area contributed by atoms with Gasteiger partial charge >= 0.3 is 0 Å². The number of nitrogens with zero attached hydrogens (tertiary/aromatic N) is 2. The van der Waals surface area contributed by atoms with Crippen molar-refractivity contribution in [1.82, 2.24) is 4.90 Å². The van der Waals surface area contributed by atoms with Crippen LogP contribution in [0.1, 0.15) is 34.1 Å². The molecule has 16 heavy (non-hydrogen) atoms. The Kier molecular flexibility index (Phi) is 3.84. The first-order valence-corrected chi connectivity index (χ1v) is 5.91. The van der Waals surface area contributed by atoms with Crippen LogP contribution in [0.5, 0.6) is 0 Å². The van der Waals surface area contributed by atoms with Gasteiger partial charge in [0.05, 0.1) is 18.2 Å². The quantitative estimate of drug-likeness (QED) is 0.586. The molecule has 0 heterocycles. The van der Waals surface area contributed by atoms with Crippen molar-refractivity contribution >= 4 is 5.96 Å². The van der Waals surface area contributed by atoms with Gasteiger partial charge in [0.1, 0.15) is 0 Å². The first-order chi connectivity index (χ1) is 7.25. The molecule has 0 aromatic heterocycles. The van der Waals surface area contributed by atoms with Crippen molar-refractivity contribution in [2.45, 2.75) is 52.4 Å². The summed E-state index contributed by atoms with van der Waals surface area (Å²) < 4.78 is 5.85. The van der Waals surface area contributed by atoms with Crippen LogP contribution in [0.25, 0.3) is 0 Å². The molecule has 2 atom stereocenters. The summed E-state index contributed by atoms with van der Waals surface area (Å²) in [5.41, 5.74) is 5.92. The number of guanidine groups is 1. The minimum Gasteiger partial charge on any atom is -0.375 e. The molecule has 4 nitrogen and oxygen atoms in total. The summed E-state index contributed by atoms with van der Waals surface area (Å²) in [5, 5.41) is 0. The van der Waals surface area contributed by atoms with Gasteiger partial charge in [-0.2, -0.15) is 0 Å². The molecule has 4 heteroatoms. The van der Waals surface area contributed by atoms with Crippen molar-refractivity contribution in [2.24, 2.45) is 16.1 Å². The Morgan fingerprint density at radius 3 is 2.38 bits per heavy atom. The maximum Gasteiger partial charge on any atom is 0.191 e. The molecule has 1 saturated carbocycles. The average molecular weight is 227 g/mol. The summed E-state index contributed by atoms with van der Waals surface area (Å²) in [5.74, 6) is 0.598. The molecule has 0 aromatic rings. The van der Waals surface area contributed by atoms with Gasteiger partial charge in [-0.1, -0.05) is 13.8 Å². The summed E-state index contributed by atoms with van der Waals surface area (Å²) >= 11 is 0. The Bertz CT molecular complexity index is 271. The van der Waals surface area contributed by atoms with E-state index in [1.165, 1.54) is 0 Å². The normalized spacial score (nSPS) is 29.1. The van der Waals surface area contributed by atoms with Crippen LogP contribution in [0.3, 0.4) is 0 Å². The highest BCUT2D eigenvalue weighted by Gasteiger charge is 2.49. The second-order valence-corrected chi connectivity index (χ2v) is 5.63. The largest absolute Gasteiger partial charge is 0.375 e. The van der Waals surface area contributed by atoms with E-state index >= 15 is 0 Å². The summed E-state index contributed by atoms with van der Waals surface area (Å²) in [6.07, 6.45) is 1.55. The zero-order chi connectivity index (χ0) is 12.5. The average Bonchev–Trinajstić information content (AvgIpc) is 2.15. The topological polar surface area (TPSA) is 50.9 Å². The first-order valence-electron chi connectivity index (χ1n) is 5.91. The van der Waals surface area contributed by atoms with Crippen molar-refractivity contribution in [3.8, 4) is 0 Å². The monoisotopic (exact) mass is 227 g/mol. The van der Waals surface area contributed by atoms with E-state index in [1.54, 1.807) is 0 Å². The highest BCUT2D eigenvalue weighted by molar-refractivity contribution is 5.77. The third kappa shape index (κ3) is 2.67. The fourth-order valence-electron chi connectivity index (χ4n) is 1.92. The van der Waals surface area contributed by atoms with Crippen LogP contribution < -0.4 is 5.73 Å². The van der Waals surface area contributed by atoms with Crippen LogP contribution in [-0.2, 0) is 4.74 Å². The fourth-order valence-corrected chi connectivity index (χ4v) is 1.92. The third-order valence-corrected chi connectivity index (χ3v) is 3.31. The van der Waals surface area contributed by atoms with Gasteiger partial charge in [-0.15, -0.1) is 0 Å². The molecule has 0 amide bonds. The molecule has 0 saturated heterocycles.